The van der Waals surface area contributed by atoms with Crippen LogP contribution in [0, 0.1) is 0 Å². The first kappa shape index (κ1) is 36.7. The molecular formula is C28H37F6N7O5. The highest BCUT2D eigenvalue weighted by molar-refractivity contribution is 5.90. The number of nitrogens with one attached hydrogen (secondary N) is 1. The number of carbonyl (C=O) groups excluding carboxylic acids is 1. The largest absolute Gasteiger partial charge is 0.490 e. The Balaban J connectivity index is 0.000000345. The third-order valence-corrected chi connectivity index (χ3v) is 8.09. The second-order valence-electron chi connectivity index (χ2n) is 11.1. The Hall–Kier alpha value is -3.77. The molecule has 12 nitrogen and oxygen atoms in total. The molecule has 5 rings (SSSR count). The molecule has 4 heterocycles. The van der Waals surface area contributed by atoms with Crippen LogP contribution in [0.3, 0.4) is 0 Å². The van der Waals surface area contributed by atoms with Gasteiger partial charge in [0.2, 0.25) is 5.82 Å². The van der Waals surface area contributed by atoms with Gasteiger partial charge in [-0.1, -0.05) is 30.3 Å². The molecule has 2 aromatic rings. The van der Waals surface area contributed by atoms with E-state index in [0.717, 1.165) is 71.0 Å². The number of hydrogen-bond acceptors (Lipinski definition) is 8. The van der Waals surface area contributed by atoms with Gasteiger partial charge in [-0.2, -0.15) is 26.3 Å². The number of benzene rings is 1. The molecule has 2 saturated heterocycles. The summed E-state index contributed by atoms with van der Waals surface area (Å²) in [7, 11) is 2.20. The van der Waals surface area contributed by atoms with Crippen LogP contribution in [0.5, 0.6) is 0 Å². The first-order valence-electron chi connectivity index (χ1n) is 14.6. The smallest absolute Gasteiger partial charge is 0.475 e. The number of carboxylic acid groups (broad SMARTS) is 2. The van der Waals surface area contributed by atoms with Crippen LogP contribution in [0.1, 0.15) is 47.7 Å². The molecule has 18 heteroatoms. The third-order valence-electron chi connectivity index (χ3n) is 8.09. The summed E-state index contributed by atoms with van der Waals surface area (Å²) in [5.74, 6) is -4.17. The van der Waals surface area contributed by atoms with Crippen molar-refractivity contribution in [1.29, 1.82) is 0 Å². The summed E-state index contributed by atoms with van der Waals surface area (Å²) in [4.78, 5) is 38.0. The number of hydrogen-bond donors (Lipinski definition) is 3. The van der Waals surface area contributed by atoms with Gasteiger partial charge in [0.15, 0.2) is 5.82 Å². The molecule has 0 aliphatic carbocycles. The van der Waals surface area contributed by atoms with Crippen LogP contribution in [0.2, 0.25) is 0 Å². The van der Waals surface area contributed by atoms with E-state index < -0.39 is 24.3 Å². The lowest BCUT2D eigenvalue weighted by Crippen LogP contribution is -2.56. The number of nitrogens with zero attached hydrogens (tertiary/aromatic N) is 6. The van der Waals surface area contributed by atoms with Crippen LogP contribution < -0.4 is 5.32 Å². The first-order valence-corrected chi connectivity index (χ1v) is 14.6. The Morgan fingerprint density at radius 1 is 0.826 bits per heavy atom. The quantitative estimate of drug-likeness (QED) is 0.394. The minimum absolute atomic E-state index is 0.0934. The first-order chi connectivity index (χ1) is 21.5. The van der Waals surface area contributed by atoms with Crippen molar-refractivity contribution in [3.05, 3.63) is 47.5 Å². The zero-order chi connectivity index (χ0) is 34.1. The highest BCUT2D eigenvalue weighted by Gasteiger charge is 2.46. The molecule has 1 aromatic heterocycles. The molecule has 0 bridgehead atoms. The molecule has 256 valence electrons. The summed E-state index contributed by atoms with van der Waals surface area (Å²) in [5, 5.41) is 26.3. The Morgan fingerprint density at radius 2 is 1.37 bits per heavy atom. The standard InChI is InChI=1S/C24H35N7O.2C2HF3O2/c1-28-17-18-31-21(22(32)25-11-16-29-12-5-6-13-29)26-27-23(31)24(28)9-14-30(15-10-24)19-20-7-3-2-4-8-20;2*3-2(4,5)1(6)7/h2-4,7-8H,5-6,9-19H2,1H3,(H,25,32);2*(H,6,7). The van der Waals surface area contributed by atoms with Crippen molar-refractivity contribution >= 4 is 17.8 Å². The summed E-state index contributed by atoms with van der Waals surface area (Å²) in [6.45, 7) is 8.57. The number of alkyl halides is 6. The number of carbonyl (C=O) groups is 3. The van der Waals surface area contributed by atoms with Gasteiger partial charge in [-0.3, -0.25) is 14.6 Å². The molecule has 3 N–H and O–H groups in total. The van der Waals surface area contributed by atoms with Crippen LogP contribution in [0.4, 0.5) is 26.3 Å². The van der Waals surface area contributed by atoms with E-state index in [1.165, 1.54) is 18.4 Å². The lowest BCUT2D eigenvalue weighted by atomic mass is 9.83. The van der Waals surface area contributed by atoms with Crippen LogP contribution in [0.25, 0.3) is 0 Å². The maximum Gasteiger partial charge on any atom is 0.490 e. The number of carboxylic acids is 2. The van der Waals surface area contributed by atoms with E-state index in [-0.39, 0.29) is 11.4 Å². The van der Waals surface area contributed by atoms with Gasteiger partial charge >= 0.3 is 24.3 Å². The topological polar surface area (TPSA) is 144 Å². The van der Waals surface area contributed by atoms with Gasteiger partial charge in [0.05, 0.1) is 5.54 Å². The second kappa shape index (κ2) is 15.7. The highest BCUT2D eigenvalue weighted by Crippen LogP contribution is 2.40. The molecule has 3 aliphatic rings. The molecular weight excluding hydrogens is 628 g/mol. The normalized spacial score (nSPS) is 18.5. The average molecular weight is 666 g/mol. The number of piperidine rings is 1. The molecule has 46 heavy (non-hydrogen) atoms. The van der Waals surface area contributed by atoms with Crippen molar-refractivity contribution in [2.24, 2.45) is 0 Å². The number of aliphatic carboxylic acids is 2. The lowest BCUT2D eigenvalue weighted by molar-refractivity contribution is -0.193. The van der Waals surface area contributed by atoms with E-state index in [1.54, 1.807) is 0 Å². The number of rotatable bonds is 6. The zero-order valence-electron chi connectivity index (χ0n) is 25.1. The summed E-state index contributed by atoms with van der Waals surface area (Å²) < 4.78 is 65.6. The number of amides is 1. The SMILES string of the molecule is CN1CCn2c(C(=O)NCCN3CCCC3)nnc2C12CCN(Cc1ccccc1)CC2.O=C(O)C(F)(F)F.O=C(O)C(F)(F)F. The molecule has 1 amide bonds. The molecule has 1 spiro atoms. The number of likely N-dealkylation sites (tertiary alicyclic amines) is 2. The molecule has 2 fully saturated rings. The van der Waals surface area contributed by atoms with Crippen LogP contribution in [-0.4, -0.2) is 123 Å². The van der Waals surface area contributed by atoms with Gasteiger partial charge in [-0.05, 0) is 51.4 Å². The van der Waals surface area contributed by atoms with Crippen molar-refractivity contribution in [1.82, 2.24) is 34.8 Å². The Bertz CT molecular complexity index is 1280. The van der Waals surface area contributed by atoms with E-state index in [2.05, 4.69) is 72.2 Å². The van der Waals surface area contributed by atoms with Crippen molar-refractivity contribution in [2.45, 2.75) is 56.7 Å². The lowest BCUT2D eigenvalue weighted by Gasteiger charge is -2.49. The van der Waals surface area contributed by atoms with Gasteiger partial charge in [-0.15, -0.1) is 10.2 Å². The van der Waals surface area contributed by atoms with Crippen LogP contribution in [0.15, 0.2) is 30.3 Å². The minimum Gasteiger partial charge on any atom is -0.475 e. The van der Waals surface area contributed by atoms with E-state index in [1.807, 2.05) is 0 Å². The Kier molecular flexibility index (Phi) is 12.5. The summed E-state index contributed by atoms with van der Waals surface area (Å²) in [6.07, 6.45) is -5.62. The van der Waals surface area contributed by atoms with Crippen molar-refractivity contribution in [3.8, 4) is 0 Å². The molecule has 0 atom stereocenters. The van der Waals surface area contributed by atoms with Gasteiger partial charge in [0, 0.05) is 45.8 Å². The van der Waals surface area contributed by atoms with Gasteiger partial charge in [-0.25, -0.2) is 9.59 Å². The van der Waals surface area contributed by atoms with Gasteiger partial charge in [0.1, 0.15) is 0 Å². The number of aromatic nitrogens is 3. The summed E-state index contributed by atoms with van der Waals surface area (Å²) >= 11 is 0. The number of likely N-dealkylation sites (N-methyl/N-ethyl adjacent to an activating group) is 1. The van der Waals surface area contributed by atoms with E-state index in [0.29, 0.717) is 12.4 Å². The number of halogens is 6. The highest BCUT2D eigenvalue weighted by atomic mass is 19.4. The average Bonchev–Trinajstić information content (AvgIpc) is 3.67. The predicted molar refractivity (Wildman–Crippen MR) is 151 cm³/mol. The number of fused-ring (bicyclic) bond motifs is 2. The summed E-state index contributed by atoms with van der Waals surface area (Å²) in [5.41, 5.74) is 1.23. The molecule has 3 aliphatic heterocycles. The van der Waals surface area contributed by atoms with E-state index >= 15 is 0 Å². The molecule has 1 aromatic carbocycles. The second-order valence-corrected chi connectivity index (χ2v) is 11.1. The van der Waals surface area contributed by atoms with Gasteiger partial charge < -0.3 is 25.0 Å². The fraction of sp³-hybridized carbons (Fsp3) is 0.607. The van der Waals surface area contributed by atoms with Crippen molar-refractivity contribution in [2.75, 3.05) is 52.9 Å². The van der Waals surface area contributed by atoms with Crippen LogP contribution >= 0.6 is 0 Å². The van der Waals surface area contributed by atoms with Crippen LogP contribution in [-0.2, 0) is 28.2 Å². The summed E-state index contributed by atoms with van der Waals surface area (Å²) in [6, 6.07) is 10.7. The maximum atomic E-state index is 12.9. The fourth-order valence-electron chi connectivity index (χ4n) is 5.60. The van der Waals surface area contributed by atoms with E-state index in [9.17, 15) is 31.1 Å². The Labute approximate surface area is 261 Å². The molecule has 0 radical (unpaired) electrons. The van der Waals surface area contributed by atoms with Crippen molar-refractivity contribution in [3.63, 3.8) is 0 Å². The minimum atomic E-state index is -5.08. The zero-order valence-corrected chi connectivity index (χ0v) is 25.1. The molecule has 0 saturated carbocycles. The Morgan fingerprint density at radius 3 is 1.89 bits per heavy atom. The van der Waals surface area contributed by atoms with Gasteiger partial charge in [0.25, 0.3) is 5.91 Å². The fourth-order valence-corrected chi connectivity index (χ4v) is 5.60. The monoisotopic (exact) mass is 665 g/mol. The predicted octanol–water partition coefficient (Wildman–Crippen LogP) is 2.81. The maximum absolute atomic E-state index is 12.9. The van der Waals surface area contributed by atoms with Crippen molar-refractivity contribution < 1.29 is 50.9 Å². The molecule has 0 unspecified atom stereocenters. The van der Waals surface area contributed by atoms with E-state index in [4.69, 9.17) is 19.8 Å². The third kappa shape index (κ3) is 9.86.